The quantitative estimate of drug-likeness (QED) is 0.662. The largest absolute Gasteiger partial charge is 0.462 e. The number of rotatable bonds is 2. The predicted molar refractivity (Wildman–Crippen MR) is 49.6 cm³/mol. The van der Waals surface area contributed by atoms with E-state index in [0.29, 0.717) is 17.9 Å². The molecule has 0 saturated carbocycles. The van der Waals surface area contributed by atoms with Gasteiger partial charge in [0.1, 0.15) is 11.8 Å². The van der Waals surface area contributed by atoms with E-state index in [1.165, 1.54) is 6.07 Å². The van der Waals surface area contributed by atoms with Gasteiger partial charge in [-0.05, 0) is 26.0 Å². The van der Waals surface area contributed by atoms with Crippen LogP contribution in [-0.2, 0) is 4.74 Å². The summed E-state index contributed by atoms with van der Waals surface area (Å²) in [5.74, 6) is -0.422. The highest BCUT2D eigenvalue weighted by molar-refractivity contribution is 5.89. The number of nitrogens with zero attached hydrogens (tertiary/aromatic N) is 2. The molecule has 0 atom stereocenters. The Labute approximate surface area is 82.1 Å². The van der Waals surface area contributed by atoms with Crippen LogP contribution in [0.1, 0.15) is 28.7 Å². The average molecular weight is 190 g/mol. The number of hydrogen-bond donors (Lipinski definition) is 0. The minimum absolute atomic E-state index is 0.230. The highest BCUT2D eigenvalue weighted by atomic mass is 16.5. The van der Waals surface area contributed by atoms with Gasteiger partial charge < -0.3 is 4.74 Å². The molecule has 4 heteroatoms. The Morgan fingerprint density at radius 3 is 2.93 bits per heavy atom. The fourth-order valence-corrected chi connectivity index (χ4v) is 1.06. The first-order valence-corrected chi connectivity index (χ1v) is 4.23. The van der Waals surface area contributed by atoms with Crippen molar-refractivity contribution < 1.29 is 9.53 Å². The smallest absolute Gasteiger partial charge is 0.338 e. The maximum Gasteiger partial charge on any atom is 0.338 e. The normalized spacial score (nSPS) is 9.21. The van der Waals surface area contributed by atoms with E-state index < -0.39 is 5.97 Å². The zero-order valence-electron chi connectivity index (χ0n) is 8.07. The van der Waals surface area contributed by atoms with Gasteiger partial charge in [-0.15, -0.1) is 0 Å². The zero-order chi connectivity index (χ0) is 10.6. The summed E-state index contributed by atoms with van der Waals surface area (Å²) in [6.45, 7) is 3.78. The van der Waals surface area contributed by atoms with Gasteiger partial charge in [-0.3, -0.25) is 0 Å². The third-order valence-corrected chi connectivity index (χ3v) is 1.58. The van der Waals surface area contributed by atoms with Crippen LogP contribution in [-0.4, -0.2) is 17.6 Å². The van der Waals surface area contributed by atoms with Gasteiger partial charge >= 0.3 is 5.97 Å². The molecule has 0 spiro atoms. The average Bonchev–Trinajstić information content (AvgIpc) is 2.17. The molecule has 1 heterocycles. The van der Waals surface area contributed by atoms with E-state index in [0.717, 1.165) is 0 Å². The zero-order valence-corrected chi connectivity index (χ0v) is 8.07. The second-order valence-corrected chi connectivity index (χ2v) is 2.71. The molecule has 0 unspecified atom stereocenters. The van der Waals surface area contributed by atoms with Crippen molar-refractivity contribution >= 4 is 5.97 Å². The van der Waals surface area contributed by atoms with Gasteiger partial charge in [0.2, 0.25) is 0 Å². The van der Waals surface area contributed by atoms with Crippen LogP contribution in [0.2, 0.25) is 0 Å². The van der Waals surface area contributed by atoms with Crippen LogP contribution < -0.4 is 0 Å². The first-order chi connectivity index (χ1) is 6.67. The van der Waals surface area contributed by atoms with Gasteiger partial charge in [0.15, 0.2) is 0 Å². The van der Waals surface area contributed by atoms with Gasteiger partial charge in [0.05, 0.1) is 12.2 Å². The summed E-state index contributed by atoms with van der Waals surface area (Å²) in [5.41, 5.74) is 1.23. The number of aromatic nitrogens is 1. The molecule has 0 aliphatic heterocycles. The number of ether oxygens (including phenoxy) is 1. The number of pyridine rings is 1. The van der Waals surface area contributed by atoms with Crippen molar-refractivity contribution in [3.8, 4) is 6.07 Å². The first-order valence-electron chi connectivity index (χ1n) is 4.23. The first kappa shape index (κ1) is 10.2. The molecule has 0 aromatic carbocycles. The molecule has 0 radical (unpaired) electrons. The lowest BCUT2D eigenvalue weighted by Crippen LogP contribution is -2.06. The minimum Gasteiger partial charge on any atom is -0.462 e. The number of esters is 1. The highest BCUT2D eigenvalue weighted by Crippen LogP contribution is 2.06. The van der Waals surface area contributed by atoms with Crippen molar-refractivity contribution in [2.45, 2.75) is 13.8 Å². The number of aryl methyl sites for hydroxylation is 1. The van der Waals surface area contributed by atoms with E-state index in [1.807, 2.05) is 6.07 Å². The standard InChI is InChI=1S/C10H10N2O2/c1-3-14-10(13)8-4-7(2)12-9(5-8)6-11/h4-5H,3H2,1-2H3. The summed E-state index contributed by atoms with van der Waals surface area (Å²) >= 11 is 0. The lowest BCUT2D eigenvalue weighted by Gasteiger charge is -2.02. The van der Waals surface area contributed by atoms with Crippen LogP contribution in [0.3, 0.4) is 0 Å². The lowest BCUT2D eigenvalue weighted by atomic mass is 10.2. The third-order valence-electron chi connectivity index (χ3n) is 1.58. The Balaban J connectivity index is 3.04. The predicted octanol–water partition coefficient (Wildman–Crippen LogP) is 1.44. The summed E-state index contributed by atoms with van der Waals surface area (Å²) in [6, 6.07) is 4.90. The molecule has 0 N–H and O–H groups in total. The minimum atomic E-state index is -0.422. The molecule has 0 bridgehead atoms. The van der Waals surface area contributed by atoms with Gasteiger partial charge in [-0.25, -0.2) is 9.78 Å². The maximum atomic E-state index is 11.3. The molecule has 1 aromatic rings. The monoisotopic (exact) mass is 190 g/mol. The van der Waals surface area contributed by atoms with Crippen LogP contribution in [0.5, 0.6) is 0 Å². The Morgan fingerprint density at radius 2 is 2.36 bits per heavy atom. The molecule has 0 amide bonds. The van der Waals surface area contributed by atoms with Gasteiger partial charge in [0, 0.05) is 5.69 Å². The molecule has 0 saturated heterocycles. The Morgan fingerprint density at radius 1 is 1.64 bits per heavy atom. The number of carbonyl (C=O) groups excluding carboxylic acids is 1. The van der Waals surface area contributed by atoms with E-state index in [4.69, 9.17) is 10.00 Å². The maximum absolute atomic E-state index is 11.3. The van der Waals surface area contributed by atoms with Crippen molar-refractivity contribution in [3.63, 3.8) is 0 Å². The fourth-order valence-electron chi connectivity index (χ4n) is 1.06. The van der Waals surface area contributed by atoms with E-state index in [9.17, 15) is 4.79 Å². The van der Waals surface area contributed by atoms with Crippen LogP contribution in [0.25, 0.3) is 0 Å². The molecular weight excluding hydrogens is 180 g/mol. The van der Waals surface area contributed by atoms with Crippen molar-refractivity contribution in [3.05, 3.63) is 29.1 Å². The van der Waals surface area contributed by atoms with Crippen molar-refractivity contribution in [1.29, 1.82) is 5.26 Å². The van der Waals surface area contributed by atoms with Crippen molar-refractivity contribution in [1.82, 2.24) is 4.98 Å². The number of nitriles is 1. The van der Waals surface area contributed by atoms with Gasteiger partial charge in [-0.1, -0.05) is 0 Å². The van der Waals surface area contributed by atoms with E-state index >= 15 is 0 Å². The topological polar surface area (TPSA) is 63.0 Å². The van der Waals surface area contributed by atoms with Crippen LogP contribution >= 0.6 is 0 Å². The van der Waals surface area contributed by atoms with Crippen LogP contribution in [0.4, 0.5) is 0 Å². The number of carbonyl (C=O) groups is 1. The van der Waals surface area contributed by atoms with Crippen molar-refractivity contribution in [2.75, 3.05) is 6.61 Å². The highest BCUT2D eigenvalue weighted by Gasteiger charge is 2.08. The molecule has 1 rings (SSSR count). The molecule has 0 fully saturated rings. The van der Waals surface area contributed by atoms with Crippen LogP contribution in [0.15, 0.2) is 12.1 Å². The lowest BCUT2D eigenvalue weighted by molar-refractivity contribution is 0.0526. The summed E-state index contributed by atoms with van der Waals surface area (Å²) in [7, 11) is 0. The SMILES string of the molecule is CCOC(=O)c1cc(C)nc(C#N)c1. The molecule has 0 aliphatic rings. The fraction of sp³-hybridized carbons (Fsp3) is 0.300. The third kappa shape index (κ3) is 2.30. The van der Waals surface area contributed by atoms with E-state index in [-0.39, 0.29) is 5.69 Å². The van der Waals surface area contributed by atoms with Gasteiger partial charge in [-0.2, -0.15) is 5.26 Å². The second-order valence-electron chi connectivity index (χ2n) is 2.71. The van der Waals surface area contributed by atoms with Crippen molar-refractivity contribution in [2.24, 2.45) is 0 Å². The second kappa shape index (κ2) is 4.38. The van der Waals surface area contributed by atoms with E-state index in [1.54, 1.807) is 19.9 Å². The Hall–Kier alpha value is -1.89. The summed E-state index contributed by atoms with van der Waals surface area (Å²) in [5, 5.41) is 8.63. The molecule has 72 valence electrons. The molecule has 1 aromatic heterocycles. The summed E-state index contributed by atoms with van der Waals surface area (Å²) in [6.07, 6.45) is 0. The number of hydrogen-bond acceptors (Lipinski definition) is 4. The molecule has 14 heavy (non-hydrogen) atoms. The van der Waals surface area contributed by atoms with Gasteiger partial charge in [0.25, 0.3) is 0 Å². The summed E-state index contributed by atoms with van der Waals surface area (Å²) < 4.78 is 4.81. The van der Waals surface area contributed by atoms with E-state index in [2.05, 4.69) is 4.98 Å². The molecule has 4 nitrogen and oxygen atoms in total. The Kier molecular flexibility index (Phi) is 3.19. The molecular formula is C10H10N2O2. The molecule has 0 aliphatic carbocycles. The summed E-state index contributed by atoms with van der Waals surface area (Å²) in [4.78, 5) is 15.2. The van der Waals surface area contributed by atoms with Crippen LogP contribution in [0, 0.1) is 18.3 Å². The Bertz CT molecular complexity index is 394.